The predicted octanol–water partition coefficient (Wildman–Crippen LogP) is 2.81. The highest BCUT2D eigenvalue weighted by atomic mass is 32.1. The summed E-state index contributed by atoms with van der Waals surface area (Å²) in [7, 11) is 0. The lowest BCUT2D eigenvalue weighted by atomic mass is 10.3. The molecule has 1 fully saturated rings. The third kappa shape index (κ3) is 1.61. The Hall–Kier alpha value is -1.42. The van der Waals surface area contributed by atoms with Crippen molar-refractivity contribution in [1.29, 1.82) is 0 Å². The standard InChI is InChI=1S/C11H11N3S/c15-11-7-9(8-4-5-8)13-14(11)10-3-1-2-6-12-10/h1-3,6-8,13H,4-5H2. The Labute approximate surface area is 92.8 Å². The zero-order chi connectivity index (χ0) is 10.3. The Morgan fingerprint density at radius 1 is 1.40 bits per heavy atom. The number of nitrogens with one attached hydrogen (secondary N) is 1. The third-order valence-corrected chi connectivity index (χ3v) is 2.94. The fourth-order valence-corrected chi connectivity index (χ4v) is 1.94. The molecule has 0 saturated heterocycles. The van der Waals surface area contributed by atoms with Crippen molar-refractivity contribution >= 4 is 12.2 Å². The van der Waals surface area contributed by atoms with Gasteiger partial charge in [-0.15, -0.1) is 0 Å². The minimum absolute atomic E-state index is 0.691. The van der Waals surface area contributed by atoms with Gasteiger partial charge < -0.3 is 0 Å². The molecular formula is C11H11N3S. The first-order valence-electron chi connectivity index (χ1n) is 5.08. The van der Waals surface area contributed by atoms with E-state index in [1.54, 1.807) is 6.20 Å². The minimum atomic E-state index is 0.691. The van der Waals surface area contributed by atoms with Crippen LogP contribution >= 0.6 is 12.2 Å². The number of hydrogen-bond donors (Lipinski definition) is 1. The first kappa shape index (κ1) is 8.85. The molecule has 0 spiro atoms. The first-order chi connectivity index (χ1) is 7.34. The van der Waals surface area contributed by atoms with Gasteiger partial charge in [0, 0.05) is 17.8 Å². The fourth-order valence-electron chi connectivity index (χ4n) is 1.67. The maximum Gasteiger partial charge on any atom is 0.152 e. The average molecular weight is 217 g/mol. The van der Waals surface area contributed by atoms with E-state index in [1.807, 2.05) is 28.9 Å². The van der Waals surface area contributed by atoms with Gasteiger partial charge in [-0.3, -0.25) is 5.10 Å². The molecule has 1 N–H and O–H groups in total. The van der Waals surface area contributed by atoms with Crippen molar-refractivity contribution < 1.29 is 0 Å². The quantitative estimate of drug-likeness (QED) is 0.785. The van der Waals surface area contributed by atoms with Crippen LogP contribution in [0.5, 0.6) is 0 Å². The van der Waals surface area contributed by atoms with Gasteiger partial charge in [0.15, 0.2) is 5.82 Å². The second-order valence-electron chi connectivity index (χ2n) is 3.85. The van der Waals surface area contributed by atoms with Crippen molar-refractivity contribution in [3.8, 4) is 5.82 Å². The van der Waals surface area contributed by atoms with Crippen molar-refractivity contribution in [1.82, 2.24) is 14.8 Å². The lowest BCUT2D eigenvalue weighted by Gasteiger charge is -2.00. The Balaban J connectivity index is 2.08. The van der Waals surface area contributed by atoms with Gasteiger partial charge in [0.1, 0.15) is 4.64 Å². The summed E-state index contributed by atoms with van der Waals surface area (Å²) in [6.07, 6.45) is 4.32. The predicted molar refractivity (Wildman–Crippen MR) is 60.7 cm³/mol. The van der Waals surface area contributed by atoms with Crippen molar-refractivity contribution in [3.05, 3.63) is 40.8 Å². The number of aromatic amines is 1. The molecule has 0 radical (unpaired) electrons. The molecule has 3 rings (SSSR count). The van der Waals surface area contributed by atoms with Gasteiger partial charge >= 0.3 is 0 Å². The summed E-state index contributed by atoms with van der Waals surface area (Å²) in [5.41, 5.74) is 1.24. The molecule has 76 valence electrons. The first-order valence-corrected chi connectivity index (χ1v) is 5.49. The molecule has 15 heavy (non-hydrogen) atoms. The number of nitrogens with zero attached hydrogens (tertiary/aromatic N) is 2. The molecule has 0 unspecified atom stereocenters. The summed E-state index contributed by atoms with van der Waals surface area (Å²) in [4.78, 5) is 4.27. The molecule has 3 nitrogen and oxygen atoms in total. The monoisotopic (exact) mass is 217 g/mol. The number of H-pyrrole nitrogens is 1. The van der Waals surface area contributed by atoms with Crippen LogP contribution in [0.15, 0.2) is 30.5 Å². The van der Waals surface area contributed by atoms with Gasteiger partial charge in [-0.25, -0.2) is 9.67 Å². The highest BCUT2D eigenvalue weighted by Gasteiger charge is 2.25. The van der Waals surface area contributed by atoms with Crippen molar-refractivity contribution in [3.63, 3.8) is 0 Å². The van der Waals surface area contributed by atoms with Crippen LogP contribution in [0.1, 0.15) is 24.5 Å². The zero-order valence-corrected chi connectivity index (χ0v) is 9.00. The fraction of sp³-hybridized carbons (Fsp3) is 0.273. The molecule has 4 heteroatoms. The number of hydrogen-bond acceptors (Lipinski definition) is 2. The van der Waals surface area contributed by atoms with Gasteiger partial charge in [-0.1, -0.05) is 18.3 Å². The van der Waals surface area contributed by atoms with Gasteiger partial charge in [0.2, 0.25) is 0 Å². The maximum absolute atomic E-state index is 5.29. The van der Waals surface area contributed by atoms with E-state index in [-0.39, 0.29) is 0 Å². The summed E-state index contributed by atoms with van der Waals surface area (Å²) >= 11 is 5.29. The summed E-state index contributed by atoms with van der Waals surface area (Å²) in [5.74, 6) is 1.55. The average Bonchev–Trinajstić information content (AvgIpc) is 3.04. The second kappa shape index (κ2) is 3.31. The van der Waals surface area contributed by atoms with Crippen LogP contribution in [0, 0.1) is 4.64 Å². The Morgan fingerprint density at radius 2 is 2.27 bits per heavy atom. The zero-order valence-electron chi connectivity index (χ0n) is 8.18. The highest BCUT2D eigenvalue weighted by Crippen LogP contribution is 2.39. The van der Waals surface area contributed by atoms with E-state index in [1.165, 1.54) is 18.5 Å². The van der Waals surface area contributed by atoms with Crippen molar-refractivity contribution in [2.75, 3.05) is 0 Å². The van der Waals surface area contributed by atoms with E-state index in [2.05, 4.69) is 10.1 Å². The van der Waals surface area contributed by atoms with Crippen LogP contribution < -0.4 is 0 Å². The van der Waals surface area contributed by atoms with E-state index >= 15 is 0 Å². The van der Waals surface area contributed by atoms with Crippen molar-refractivity contribution in [2.24, 2.45) is 0 Å². The molecule has 0 atom stereocenters. The normalized spacial score (nSPS) is 15.5. The SMILES string of the molecule is S=c1cc(C2CC2)[nH]n1-c1ccccn1. The smallest absolute Gasteiger partial charge is 0.152 e. The van der Waals surface area contributed by atoms with E-state index in [4.69, 9.17) is 12.2 Å². The molecule has 0 bridgehead atoms. The summed E-state index contributed by atoms with van der Waals surface area (Å²) < 4.78 is 2.67. The van der Waals surface area contributed by atoms with Crippen LogP contribution in [-0.4, -0.2) is 14.8 Å². The third-order valence-electron chi connectivity index (χ3n) is 2.64. The number of rotatable bonds is 2. The van der Waals surface area contributed by atoms with Crippen molar-refractivity contribution in [2.45, 2.75) is 18.8 Å². The van der Waals surface area contributed by atoms with Gasteiger partial charge in [0.25, 0.3) is 0 Å². The van der Waals surface area contributed by atoms with E-state index in [0.29, 0.717) is 5.92 Å². The lowest BCUT2D eigenvalue weighted by Crippen LogP contribution is -1.99. The Bertz CT molecular complexity index is 522. The molecule has 1 saturated carbocycles. The van der Waals surface area contributed by atoms with Gasteiger partial charge in [0.05, 0.1) is 0 Å². The summed E-state index contributed by atoms with van der Waals surface area (Å²) in [6.45, 7) is 0. The lowest BCUT2D eigenvalue weighted by molar-refractivity contribution is 0.805. The second-order valence-corrected chi connectivity index (χ2v) is 4.27. The topological polar surface area (TPSA) is 33.6 Å². The molecule has 2 aromatic rings. The van der Waals surface area contributed by atoms with Crippen LogP contribution in [0.2, 0.25) is 0 Å². The molecule has 1 aliphatic rings. The number of aromatic nitrogens is 3. The Morgan fingerprint density at radius 3 is 2.93 bits per heavy atom. The molecule has 0 aromatic carbocycles. The van der Waals surface area contributed by atoms with Crippen LogP contribution in [0.25, 0.3) is 5.82 Å². The van der Waals surface area contributed by atoms with E-state index < -0.39 is 0 Å². The maximum atomic E-state index is 5.29. The van der Waals surface area contributed by atoms with Crippen LogP contribution in [0.4, 0.5) is 0 Å². The van der Waals surface area contributed by atoms with E-state index in [9.17, 15) is 0 Å². The highest BCUT2D eigenvalue weighted by molar-refractivity contribution is 7.71. The molecule has 2 aromatic heterocycles. The molecular weight excluding hydrogens is 206 g/mol. The molecule has 0 aliphatic heterocycles. The van der Waals surface area contributed by atoms with E-state index in [0.717, 1.165) is 10.5 Å². The van der Waals surface area contributed by atoms with Gasteiger partial charge in [-0.2, -0.15) is 0 Å². The number of pyridine rings is 1. The molecule has 1 aliphatic carbocycles. The summed E-state index contributed by atoms with van der Waals surface area (Å²) in [5, 5.41) is 3.31. The van der Waals surface area contributed by atoms with Crippen LogP contribution in [0.3, 0.4) is 0 Å². The summed E-state index contributed by atoms with van der Waals surface area (Å²) in [6, 6.07) is 7.85. The van der Waals surface area contributed by atoms with Gasteiger partial charge in [-0.05, 0) is 31.0 Å². The molecule has 2 heterocycles. The largest absolute Gasteiger partial charge is 0.295 e. The van der Waals surface area contributed by atoms with Crippen LogP contribution in [-0.2, 0) is 0 Å². The minimum Gasteiger partial charge on any atom is -0.295 e. The molecule has 0 amide bonds. The Kier molecular flexibility index (Phi) is 1.95.